The smallest absolute Gasteiger partial charge is 0.433 e. The second kappa shape index (κ2) is 7.92. The van der Waals surface area contributed by atoms with Crippen molar-refractivity contribution in [1.82, 2.24) is 4.98 Å². The van der Waals surface area contributed by atoms with Crippen molar-refractivity contribution in [2.45, 2.75) is 41.5 Å². The monoisotopic (exact) mass is 339 g/mol. The number of benzene rings is 1. The van der Waals surface area contributed by atoms with Gasteiger partial charge < -0.3 is 9.72 Å². The van der Waals surface area contributed by atoms with Crippen LogP contribution in [0, 0.1) is 20.8 Å². The lowest BCUT2D eigenvalue weighted by Crippen LogP contribution is -2.04. The van der Waals surface area contributed by atoms with E-state index >= 15 is 0 Å². The second-order valence-corrected chi connectivity index (χ2v) is 6.13. The maximum atomic E-state index is 11.5. The number of amides is 1. The van der Waals surface area contributed by atoms with Crippen molar-refractivity contribution in [2.75, 3.05) is 6.61 Å². The average Bonchev–Trinajstić information content (AvgIpc) is 3.01. The molecule has 1 aromatic carbocycles. The number of aliphatic imine (C=N–C) groups is 2. The molecule has 1 aromatic heterocycles. The first-order valence-corrected chi connectivity index (χ1v) is 8.36. The van der Waals surface area contributed by atoms with Crippen LogP contribution in [0.25, 0.3) is 0 Å². The molecule has 1 amide bonds. The van der Waals surface area contributed by atoms with E-state index in [4.69, 9.17) is 9.73 Å². The van der Waals surface area contributed by atoms with Gasteiger partial charge in [0.15, 0.2) is 0 Å². The molecule has 5 nitrogen and oxygen atoms in total. The van der Waals surface area contributed by atoms with Gasteiger partial charge in [-0.25, -0.2) is 4.79 Å². The molecule has 0 bridgehead atoms. The molecule has 0 radical (unpaired) electrons. The molecule has 0 atom stereocenters. The van der Waals surface area contributed by atoms with E-state index in [2.05, 4.69) is 42.9 Å². The van der Waals surface area contributed by atoms with Crippen LogP contribution < -0.4 is 0 Å². The van der Waals surface area contributed by atoms with Crippen molar-refractivity contribution < 1.29 is 9.53 Å². The zero-order valence-electron chi connectivity index (χ0n) is 15.7. The van der Waals surface area contributed by atoms with Gasteiger partial charge >= 0.3 is 6.09 Å². The van der Waals surface area contributed by atoms with Gasteiger partial charge in [-0.05, 0) is 64.8 Å². The van der Waals surface area contributed by atoms with Crippen molar-refractivity contribution in [3.63, 3.8) is 0 Å². The molecule has 0 aliphatic rings. The summed E-state index contributed by atoms with van der Waals surface area (Å²) in [7, 11) is 0. The molecule has 1 heterocycles. The molecule has 0 unspecified atom stereocenters. The fraction of sp³-hybridized carbons (Fsp3) is 0.350. The predicted molar refractivity (Wildman–Crippen MR) is 103 cm³/mol. The van der Waals surface area contributed by atoms with Crippen LogP contribution >= 0.6 is 0 Å². The zero-order chi connectivity index (χ0) is 18.6. The average molecular weight is 339 g/mol. The van der Waals surface area contributed by atoms with E-state index in [0.29, 0.717) is 12.3 Å². The third kappa shape index (κ3) is 4.66. The van der Waals surface area contributed by atoms with Crippen LogP contribution in [0.5, 0.6) is 0 Å². The number of nitrogens with one attached hydrogen (secondary N) is 1. The number of ether oxygens (including phenoxy) is 1. The number of carbonyl (C=O) groups is 1. The van der Waals surface area contributed by atoms with E-state index in [-0.39, 0.29) is 0 Å². The van der Waals surface area contributed by atoms with Gasteiger partial charge in [0.1, 0.15) is 0 Å². The Morgan fingerprint density at radius 3 is 2.16 bits per heavy atom. The van der Waals surface area contributed by atoms with Gasteiger partial charge in [0.05, 0.1) is 35.1 Å². The fourth-order valence-corrected chi connectivity index (χ4v) is 2.75. The van der Waals surface area contributed by atoms with Gasteiger partial charge in [-0.1, -0.05) is 17.7 Å². The van der Waals surface area contributed by atoms with Crippen molar-refractivity contribution in [3.8, 4) is 0 Å². The van der Waals surface area contributed by atoms with Gasteiger partial charge in [-0.15, -0.1) is 0 Å². The second-order valence-electron chi connectivity index (χ2n) is 6.13. The number of H-pyrrole nitrogens is 1. The number of nitrogens with zero attached hydrogens (tertiary/aromatic N) is 2. The maximum absolute atomic E-state index is 11.5. The SMILES string of the molecule is CCOC(=O)/N=C(\C)c1ccc(C(C)=Nc2c(C)cc(C)cc2C)[nH]1. The molecule has 0 saturated heterocycles. The molecular formula is C20H25N3O2. The van der Waals surface area contributed by atoms with Gasteiger partial charge in [0, 0.05) is 0 Å². The van der Waals surface area contributed by atoms with Crippen LogP contribution in [-0.4, -0.2) is 29.1 Å². The third-order valence-electron chi connectivity index (χ3n) is 3.91. The Morgan fingerprint density at radius 2 is 1.60 bits per heavy atom. The minimum Gasteiger partial charge on any atom is -0.448 e. The summed E-state index contributed by atoms with van der Waals surface area (Å²) < 4.78 is 4.84. The number of aromatic amines is 1. The topological polar surface area (TPSA) is 66.8 Å². The largest absolute Gasteiger partial charge is 0.448 e. The highest BCUT2D eigenvalue weighted by molar-refractivity contribution is 6.05. The van der Waals surface area contributed by atoms with Gasteiger partial charge in [0.25, 0.3) is 0 Å². The molecule has 0 fully saturated rings. The standard InChI is InChI=1S/C20H25N3O2/c1-7-25-20(24)22-16(6)18-9-8-17(23-18)15(5)21-19-13(3)10-12(2)11-14(19)4/h8-11,23H,7H2,1-6H3/b21-15?,22-16+. The summed E-state index contributed by atoms with van der Waals surface area (Å²) >= 11 is 0. The fourth-order valence-electron chi connectivity index (χ4n) is 2.75. The quantitative estimate of drug-likeness (QED) is 0.792. The lowest BCUT2D eigenvalue weighted by molar-refractivity contribution is 0.163. The van der Waals surface area contributed by atoms with Gasteiger partial charge in [-0.2, -0.15) is 4.99 Å². The lowest BCUT2D eigenvalue weighted by Gasteiger charge is -2.08. The van der Waals surface area contributed by atoms with Crippen molar-refractivity contribution in [3.05, 3.63) is 52.3 Å². The molecule has 2 rings (SSSR count). The molecular weight excluding hydrogens is 314 g/mol. The number of aromatic nitrogens is 1. The van der Waals surface area contributed by atoms with E-state index in [1.165, 1.54) is 5.56 Å². The van der Waals surface area contributed by atoms with Crippen LogP contribution in [0.3, 0.4) is 0 Å². The number of hydrogen-bond donors (Lipinski definition) is 1. The highest BCUT2D eigenvalue weighted by Crippen LogP contribution is 2.26. The molecule has 0 aliphatic carbocycles. The van der Waals surface area contributed by atoms with E-state index in [0.717, 1.165) is 33.9 Å². The van der Waals surface area contributed by atoms with Crippen LogP contribution in [-0.2, 0) is 4.74 Å². The van der Waals surface area contributed by atoms with E-state index in [9.17, 15) is 4.79 Å². The summed E-state index contributed by atoms with van der Waals surface area (Å²) in [6, 6.07) is 8.10. The van der Waals surface area contributed by atoms with E-state index in [1.54, 1.807) is 13.8 Å². The van der Waals surface area contributed by atoms with Crippen LogP contribution in [0.4, 0.5) is 10.5 Å². The summed E-state index contributed by atoms with van der Waals surface area (Å²) in [5.74, 6) is 0. The summed E-state index contributed by atoms with van der Waals surface area (Å²) in [5, 5.41) is 0. The third-order valence-corrected chi connectivity index (χ3v) is 3.91. The number of carbonyl (C=O) groups excluding carboxylic acids is 1. The summed E-state index contributed by atoms with van der Waals surface area (Å²) in [4.78, 5) is 23.4. The Labute approximate surface area is 148 Å². The first kappa shape index (κ1) is 18.6. The van der Waals surface area contributed by atoms with Gasteiger partial charge in [0.2, 0.25) is 0 Å². The molecule has 0 saturated carbocycles. The van der Waals surface area contributed by atoms with Crippen LogP contribution in [0.15, 0.2) is 34.3 Å². The van der Waals surface area contributed by atoms with Crippen LogP contribution in [0.2, 0.25) is 0 Å². The molecule has 0 aliphatic heterocycles. The molecule has 0 spiro atoms. The molecule has 1 N–H and O–H groups in total. The predicted octanol–water partition coefficient (Wildman–Crippen LogP) is 5.05. The first-order chi connectivity index (χ1) is 11.8. The van der Waals surface area contributed by atoms with Crippen molar-refractivity contribution >= 4 is 23.2 Å². The number of aryl methyl sites for hydroxylation is 3. The zero-order valence-corrected chi connectivity index (χ0v) is 15.7. The molecule has 2 aromatic rings. The Kier molecular flexibility index (Phi) is 5.91. The van der Waals surface area contributed by atoms with E-state index < -0.39 is 6.09 Å². The number of rotatable bonds is 4. The van der Waals surface area contributed by atoms with Gasteiger partial charge in [-0.3, -0.25) is 4.99 Å². The molecule has 132 valence electrons. The lowest BCUT2D eigenvalue weighted by atomic mass is 10.1. The molecule has 5 heteroatoms. The summed E-state index contributed by atoms with van der Waals surface area (Å²) in [6.45, 7) is 12.0. The highest BCUT2D eigenvalue weighted by Gasteiger charge is 2.09. The van der Waals surface area contributed by atoms with Crippen LogP contribution in [0.1, 0.15) is 48.8 Å². The summed E-state index contributed by atoms with van der Waals surface area (Å²) in [5.41, 5.74) is 7.68. The Morgan fingerprint density at radius 1 is 1.04 bits per heavy atom. The number of hydrogen-bond acceptors (Lipinski definition) is 3. The van der Waals surface area contributed by atoms with Crippen molar-refractivity contribution in [2.24, 2.45) is 9.98 Å². The Balaban J connectivity index is 2.29. The van der Waals surface area contributed by atoms with Crippen molar-refractivity contribution in [1.29, 1.82) is 0 Å². The maximum Gasteiger partial charge on any atom is 0.433 e. The normalized spacial score (nSPS) is 12.4. The first-order valence-electron chi connectivity index (χ1n) is 8.36. The summed E-state index contributed by atoms with van der Waals surface area (Å²) in [6.07, 6.45) is -0.576. The highest BCUT2D eigenvalue weighted by atomic mass is 16.5. The Bertz CT molecular complexity index is 821. The molecule has 25 heavy (non-hydrogen) atoms. The minimum atomic E-state index is -0.576. The minimum absolute atomic E-state index is 0.312. The Hall–Kier alpha value is -2.69. The van der Waals surface area contributed by atoms with E-state index in [1.807, 2.05) is 19.1 Å².